The molecule has 1 rings (SSSR count). The van der Waals surface area contributed by atoms with E-state index in [1.54, 1.807) is 0 Å². The highest BCUT2D eigenvalue weighted by atomic mass is 16.4. The first-order chi connectivity index (χ1) is 5.25. The molecule has 0 atom stereocenters. The summed E-state index contributed by atoms with van der Waals surface area (Å²) in [6.07, 6.45) is 2.39. The van der Waals surface area contributed by atoms with Crippen LogP contribution in [0.2, 0.25) is 0 Å². The molecule has 1 N–H and O–H groups in total. The summed E-state index contributed by atoms with van der Waals surface area (Å²) < 4.78 is 1.49. The second kappa shape index (κ2) is 3.18. The Morgan fingerprint density at radius 1 is 1.82 bits per heavy atom. The smallest absolute Gasteiger partial charge is 0.354 e. The molecule has 1 heterocycles. The van der Waals surface area contributed by atoms with Crippen LogP contribution in [0.4, 0.5) is 0 Å². The molecule has 0 amide bonds. The number of hydrogen-bond donors (Lipinski definition) is 1. The number of carbonyl (C=O) groups is 1. The van der Waals surface area contributed by atoms with Crippen molar-refractivity contribution < 1.29 is 9.90 Å². The Kier molecular flexibility index (Phi) is 2.25. The van der Waals surface area contributed by atoms with Gasteiger partial charge in [-0.05, 0) is 12.5 Å². The molecule has 0 radical (unpaired) electrons. The minimum atomic E-state index is -0.920. The van der Waals surface area contributed by atoms with Gasteiger partial charge >= 0.3 is 5.97 Å². The van der Waals surface area contributed by atoms with E-state index in [0.29, 0.717) is 6.54 Å². The standard InChI is InChI=1S/C7H10N2O2/c1-2-5-9-6(7(10)11)3-4-8-9/h3-4H,2,5H2,1H3,(H,10,11). The lowest BCUT2D eigenvalue weighted by molar-refractivity contribution is 0.0683. The number of carboxylic acid groups (broad SMARTS) is 1. The molecule has 4 nitrogen and oxygen atoms in total. The fraction of sp³-hybridized carbons (Fsp3) is 0.429. The molecule has 0 aliphatic heterocycles. The van der Waals surface area contributed by atoms with Gasteiger partial charge in [0.2, 0.25) is 0 Å². The van der Waals surface area contributed by atoms with Gasteiger partial charge in [-0.3, -0.25) is 4.68 Å². The van der Waals surface area contributed by atoms with E-state index < -0.39 is 5.97 Å². The molecule has 0 aliphatic rings. The van der Waals surface area contributed by atoms with Crippen LogP contribution in [-0.2, 0) is 6.54 Å². The van der Waals surface area contributed by atoms with Crippen molar-refractivity contribution >= 4 is 5.97 Å². The third kappa shape index (κ3) is 1.58. The van der Waals surface area contributed by atoms with Crippen molar-refractivity contribution in [1.29, 1.82) is 0 Å². The maximum absolute atomic E-state index is 10.5. The lowest BCUT2D eigenvalue weighted by atomic mass is 10.4. The van der Waals surface area contributed by atoms with Gasteiger partial charge in [0.05, 0.1) is 0 Å². The van der Waals surface area contributed by atoms with Crippen LogP contribution < -0.4 is 0 Å². The van der Waals surface area contributed by atoms with Gasteiger partial charge in [-0.1, -0.05) is 6.92 Å². The third-order valence-electron chi connectivity index (χ3n) is 1.37. The van der Waals surface area contributed by atoms with Crippen LogP contribution in [0.1, 0.15) is 23.8 Å². The van der Waals surface area contributed by atoms with Gasteiger partial charge < -0.3 is 5.11 Å². The molecular formula is C7H10N2O2. The van der Waals surface area contributed by atoms with Crippen molar-refractivity contribution in [2.75, 3.05) is 0 Å². The molecule has 0 bridgehead atoms. The van der Waals surface area contributed by atoms with Crippen molar-refractivity contribution in [3.63, 3.8) is 0 Å². The summed E-state index contributed by atoms with van der Waals surface area (Å²) in [5, 5.41) is 12.5. The van der Waals surface area contributed by atoms with Crippen LogP contribution in [0.15, 0.2) is 12.3 Å². The van der Waals surface area contributed by atoms with E-state index in [2.05, 4.69) is 5.10 Å². The SMILES string of the molecule is CCCn1nccc1C(=O)O. The zero-order valence-electron chi connectivity index (χ0n) is 6.32. The molecule has 0 unspecified atom stereocenters. The quantitative estimate of drug-likeness (QED) is 0.706. The minimum absolute atomic E-state index is 0.256. The average Bonchev–Trinajstić information content (AvgIpc) is 2.36. The Morgan fingerprint density at radius 2 is 2.55 bits per heavy atom. The van der Waals surface area contributed by atoms with Crippen LogP contribution >= 0.6 is 0 Å². The number of aromatic nitrogens is 2. The number of aromatic carboxylic acids is 1. The highest BCUT2D eigenvalue weighted by Gasteiger charge is 2.07. The Balaban J connectivity index is 2.87. The molecule has 0 fully saturated rings. The van der Waals surface area contributed by atoms with Crippen molar-refractivity contribution in [2.45, 2.75) is 19.9 Å². The molecule has 4 heteroatoms. The van der Waals surface area contributed by atoms with Crippen LogP contribution in [0.25, 0.3) is 0 Å². The highest BCUT2D eigenvalue weighted by Crippen LogP contribution is 1.99. The van der Waals surface area contributed by atoms with E-state index in [-0.39, 0.29) is 5.69 Å². The second-order valence-corrected chi connectivity index (χ2v) is 2.24. The minimum Gasteiger partial charge on any atom is -0.477 e. The Bertz CT molecular complexity index is 255. The summed E-state index contributed by atoms with van der Waals surface area (Å²) in [7, 11) is 0. The number of nitrogens with zero attached hydrogens (tertiary/aromatic N) is 2. The monoisotopic (exact) mass is 154 g/mol. The number of hydrogen-bond acceptors (Lipinski definition) is 2. The van der Waals surface area contributed by atoms with E-state index >= 15 is 0 Å². The van der Waals surface area contributed by atoms with Gasteiger partial charge in [0.25, 0.3) is 0 Å². The van der Waals surface area contributed by atoms with Crippen LogP contribution in [0.3, 0.4) is 0 Å². The molecule has 0 spiro atoms. The predicted octanol–water partition coefficient (Wildman–Crippen LogP) is 0.991. The first-order valence-electron chi connectivity index (χ1n) is 3.50. The molecule has 60 valence electrons. The summed E-state index contributed by atoms with van der Waals surface area (Å²) in [5.41, 5.74) is 0.256. The molecular weight excluding hydrogens is 144 g/mol. The van der Waals surface area contributed by atoms with Gasteiger partial charge in [-0.2, -0.15) is 5.10 Å². The first kappa shape index (κ1) is 7.78. The number of aryl methyl sites for hydroxylation is 1. The third-order valence-corrected chi connectivity index (χ3v) is 1.37. The van der Waals surface area contributed by atoms with E-state index in [0.717, 1.165) is 6.42 Å². The van der Waals surface area contributed by atoms with E-state index in [9.17, 15) is 4.79 Å². The van der Waals surface area contributed by atoms with E-state index in [4.69, 9.17) is 5.11 Å². The average molecular weight is 154 g/mol. The predicted molar refractivity (Wildman–Crippen MR) is 39.5 cm³/mol. The summed E-state index contributed by atoms with van der Waals surface area (Å²) in [6, 6.07) is 1.50. The normalized spacial score (nSPS) is 9.91. The first-order valence-corrected chi connectivity index (χ1v) is 3.50. The van der Waals surface area contributed by atoms with Gasteiger partial charge in [-0.15, -0.1) is 0 Å². The van der Waals surface area contributed by atoms with Crippen molar-refractivity contribution in [3.05, 3.63) is 18.0 Å². The van der Waals surface area contributed by atoms with Crippen molar-refractivity contribution in [2.24, 2.45) is 0 Å². The van der Waals surface area contributed by atoms with Gasteiger partial charge in [0.1, 0.15) is 5.69 Å². The summed E-state index contributed by atoms with van der Waals surface area (Å²) in [5.74, 6) is -0.920. The topological polar surface area (TPSA) is 55.1 Å². The summed E-state index contributed by atoms with van der Waals surface area (Å²) >= 11 is 0. The molecule has 0 aromatic carbocycles. The maximum Gasteiger partial charge on any atom is 0.354 e. The van der Waals surface area contributed by atoms with Crippen molar-refractivity contribution in [1.82, 2.24) is 9.78 Å². The lowest BCUT2D eigenvalue weighted by Gasteiger charge is -1.99. The van der Waals surface area contributed by atoms with Crippen LogP contribution in [0, 0.1) is 0 Å². The Labute approximate surface area is 64.5 Å². The van der Waals surface area contributed by atoms with Crippen LogP contribution in [0.5, 0.6) is 0 Å². The Hall–Kier alpha value is -1.32. The molecule has 1 aromatic heterocycles. The van der Waals surface area contributed by atoms with Gasteiger partial charge in [0, 0.05) is 12.7 Å². The largest absolute Gasteiger partial charge is 0.477 e. The zero-order chi connectivity index (χ0) is 8.27. The van der Waals surface area contributed by atoms with Crippen molar-refractivity contribution in [3.8, 4) is 0 Å². The molecule has 0 saturated carbocycles. The highest BCUT2D eigenvalue weighted by molar-refractivity contribution is 5.85. The maximum atomic E-state index is 10.5. The van der Waals surface area contributed by atoms with E-state index in [1.807, 2.05) is 6.92 Å². The number of carboxylic acids is 1. The molecule has 0 aliphatic carbocycles. The van der Waals surface area contributed by atoms with Gasteiger partial charge in [-0.25, -0.2) is 4.79 Å². The molecule has 0 saturated heterocycles. The van der Waals surface area contributed by atoms with Gasteiger partial charge in [0.15, 0.2) is 0 Å². The lowest BCUT2D eigenvalue weighted by Crippen LogP contribution is -2.09. The van der Waals surface area contributed by atoms with Crippen LogP contribution in [-0.4, -0.2) is 20.9 Å². The fourth-order valence-electron chi connectivity index (χ4n) is 0.904. The molecule has 1 aromatic rings. The molecule has 11 heavy (non-hydrogen) atoms. The number of rotatable bonds is 3. The second-order valence-electron chi connectivity index (χ2n) is 2.24. The summed E-state index contributed by atoms with van der Waals surface area (Å²) in [6.45, 7) is 2.64. The Morgan fingerprint density at radius 3 is 3.09 bits per heavy atom. The zero-order valence-corrected chi connectivity index (χ0v) is 6.32. The van der Waals surface area contributed by atoms with E-state index in [1.165, 1.54) is 16.9 Å². The fourth-order valence-corrected chi connectivity index (χ4v) is 0.904. The summed E-state index contributed by atoms with van der Waals surface area (Å²) in [4.78, 5) is 10.5.